The molecule has 0 radical (unpaired) electrons. The maximum atomic E-state index is 2.27. The summed E-state index contributed by atoms with van der Waals surface area (Å²) in [6, 6.07) is 18.1. The smallest absolute Gasteiger partial charge is 0.195 e. The summed E-state index contributed by atoms with van der Waals surface area (Å²) in [6.07, 6.45) is 4.50. The summed E-state index contributed by atoms with van der Waals surface area (Å²) in [5, 5.41) is 0. The third-order valence-electron chi connectivity index (χ3n) is 6.46. The molecule has 0 fully saturated rings. The van der Waals surface area contributed by atoms with Crippen molar-refractivity contribution in [3.63, 3.8) is 0 Å². The first-order chi connectivity index (χ1) is 15.2. The molecule has 0 unspecified atom stereocenters. The SMILES string of the molecule is Cc1cc(C)c(-c2ccc(-c3ccc(-c4c(C)cc(C)cc4C)c[n+]3C)[n+](C)c2)c(C)c1. The molecule has 2 heteroatoms. The van der Waals surface area contributed by atoms with Crippen molar-refractivity contribution in [1.82, 2.24) is 0 Å². The van der Waals surface area contributed by atoms with Gasteiger partial charge < -0.3 is 0 Å². The van der Waals surface area contributed by atoms with Crippen LogP contribution >= 0.6 is 0 Å². The molecule has 0 aliphatic rings. The third kappa shape index (κ3) is 3.98. The van der Waals surface area contributed by atoms with E-state index in [4.69, 9.17) is 0 Å². The molecule has 4 rings (SSSR count). The van der Waals surface area contributed by atoms with Crippen molar-refractivity contribution in [1.29, 1.82) is 0 Å². The van der Waals surface area contributed by atoms with E-state index in [1.54, 1.807) is 0 Å². The zero-order chi connectivity index (χ0) is 23.2. The molecule has 0 aliphatic heterocycles. The Morgan fingerprint density at radius 2 is 0.781 bits per heavy atom. The Morgan fingerprint density at radius 3 is 1.06 bits per heavy atom. The van der Waals surface area contributed by atoms with E-state index >= 15 is 0 Å². The lowest BCUT2D eigenvalue weighted by Crippen LogP contribution is -2.38. The van der Waals surface area contributed by atoms with Gasteiger partial charge in [0.2, 0.25) is 0 Å². The quantitative estimate of drug-likeness (QED) is 0.348. The highest BCUT2D eigenvalue weighted by Crippen LogP contribution is 2.30. The fraction of sp³-hybridized carbons (Fsp3) is 0.267. The Kier molecular flexibility index (Phi) is 5.73. The number of aromatic nitrogens is 2. The lowest BCUT2D eigenvalue weighted by atomic mass is 9.94. The number of rotatable bonds is 3. The minimum Gasteiger partial charge on any atom is -0.195 e. The highest BCUT2D eigenvalue weighted by molar-refractivity contribution is 5.72. The molecule has 2 aromatic carbocycles. The molecule has 0 atom stereocenters. The largest absolute Gasteiger partial charge is 0.277 e. The minimum atomic E-state index is 1.20. The molecule has 0 saturated carbocycles. The van der Waals surface area contributed by atoms with Crippen LogP contribution in [0.2, 0.25) is 0 Å². The monoisotopic (exact) mass is 422 g/mol. The van der Waals surface area contributed by atoms with Crippen LogP contribution in [-0.4, -0.2) is 0 Å². The molecule has 0 aliphatic carbocycles. The van der Waals surface area contributed by atoms with Gasteiger partial charge in [-0.25, -0.2) is 0 Å². The maximum absolute atomic E-state index is 2.27. The molecule has 0 saturated heterocycles. The number of hydrogen-bond donors (Lipinski definition) is 0. The number of pyridine rings is 2. The van der Waals surface area contributed by atoms with Crippen molar-refractivity contribution in [2.24, 2.45) is 14.1 Å². The average Bonchev–Trinajstić information content (AvgIpc) is 2.67. The minimum absolute atomic E-state index is 1.20. The topological polar surface area (TPSA) is 7.76 Å². The first-order valence-corrected chi connectivity index (χ1v) is 11.3. The van der Waals surface area contributed by atoms with Crippen molar-refractivity contribution in [3.8, 4) is 33.6 Å². The van der Waals surface area contributed by atoms with Crippen LogP contribution in [0.1, 0.15) is 33.4 Å². The zero-order valence-corrected chi connectivity index (χ0v) is 20.7. The van der Waals surface area contributed by atoms with Crippen LogP contribution < -0.4 is 9.13 Å². The highest BCUT2D eigenvalue weighted by atomic mass is 15.0. The van der Waals surface area contributed by atoms with Crippen LogP contribution in [0.4, 0.5) is 0 Å². The molecule has 2 aromatic heterocycles. The molecular formula is C30H34N2+2. The summed E-state index contributed by atoms with van der Waals surface area (Å²) < 4.78 is 4.48. The Balaban J connectivity index is 1.76. The normalized spacial score (nSPS) is 11.1. The van der Waals surface area contributed by atoms with E-state index in [0.29, 0.717) is 0 Å². The first kappa shape index (κ1) is 22.0. The van der Waals surface area contributed by atoms with E-state index in [0.717, 1.165) is 0 Å². The van der Waals surface area contributed by atoms with Gasteiger partial charge in [0.05, 0.1) is 0 Å². The Bertz CT molecular complexity index is 1190. The maximum Gasteiger partial charge on any atom is 0.277 e. The Labute approximate surface area is 192 Å². The second-order valence-electron chi connectivity index (χ2n) is 9.38. The lowest BCUT2D eigenvalue weighted by Gasteiger charge is -2.12. The van der Waals surface area contributed by atoms with Gasteiger partial charge in [0.25, 0.3) is 11.4 Å². The van der Waals surface area contributed by atoms with Crippen molar-refractivity contribution in [2.75, 3.05) is 0 Å². The molecular weight excluding hydrogens is 388 g/mol. The van der Waals surface area contributed by atoms with Gasteiger partial charge in [-0.2, -0.15) is 9.13 Å². The van der Waals surface area contributed by atoms with Gasteiger partial charge >= 0.3 is 0 Å². The summed E-state index contributed by atoms with van der Waals surface area (Å²) >= 11 is 0. The Hall–Kier alpha value is -3.26. The van der Waals surface area contributed by atoms with Crippen LogP contribution in [0.15, 0.2) is 60.9 Å². The summed E-state index contributed by atoms with van der Waals surface area (Å²) in [6.45, 7) is 13.1. The molecule has 0 bridgehead atoms. The van der Waals surface area contributed by atoms with Crippen molar-refractivity contribution in [3.05, 3.63) is 94.3 Å². The van der Waals surface area contributed by atoms with E-state index in [2.05, 4.69) is 126 Å². The summed E-state index contributed by atoms with van der Waals surface area (Å²) in [7, 11) is 4.28. The third-order valence-corrected chi connectivity index (χ3v) is 6.46. The van der Waals surface area contributed by atoms with E-state index in [1.807, 2.05) is 0 Å². The van der Waals surface area contributed by atoms with Gasteiger partial charge in [0.15, 0.2) is 12.4 Å². The summed E-state index contributed by atoms with van der Waals surface area (Å²) in [4.78, 5) is 0. The second kappa shape index (κ2) is 8.35. The van der Waals surface area contributed by atoms with Crippen molar-refractivity contribution >= 4 is 0 Å². The zero-order valence-electron chi connectivity index (χ0n) is 20.7. The fourth-order valence-corrected chi connectivity index (χ4v) is 5.31. The molecule has 32 heavy (non-hydrogen) atoms. The number of aryl methyl sites for hydroxylation is 8. The predicted octanol–water partition coefficient (Wildman–Crippen LogP) is 6.19. The van der Waals surface area contributed by atoms with Crippen LogP contribution in [-0.2, 0) is 14.1 Å². The van der Waals surface area contributed by atoms with Gasteiger partial charge in [0, 0.05) is 23.3 Å². The van der Waals surface area contributed by atoms with Crippen molar-refractivity contribution in [2.45, 2.75) is 41.5 Å². The predicted molar refractivity (Wildman–Crippen MR) is 134 cm³/mol. The average molecular weight is 423 g/mol. The number of nitrogens with zero attached hydrogens (tertiary/aromatic N) is 2. The highest BCUT2D eigenvalue weighted by Gasteiger charge is 2.22. The van der Waals surface area contributed by atoms with Gasteiger partial charge in [-0.15, -0.1) is 0 Å². The van der Waals surface area contributed by atoms with Gasteiger partial charge in [-0.1, -0.05) is 35.4 Å². The molecule has 162 valence electrons. The number of hydrogen-bond acceptors (Lipinski definition) is 0. The van der Waals surface area contributed by atoms with Gasteiger partial charge in [-0.05, 0) is 87.1 Å². The van der Waals surface area contributed by atoms with Crippen LogP contribution in [0, 0.1) is 41.5 Å². The second-order valence-corrected chi connectivity index (χ2v) is 9.38. The van der Waals surface area contributed by atoms with E-state index in [1.165, 1.54) is 67.0 Å². The van der Waals surface area contributed by atoms with E-state index in [9.17, 15) is 0 Å². The molecule has 2 nitrogen and oxygen atoms in total. The van der Waals surface area contributed by atoms with E-state index < -0.39 is 0 Å². The standard InChI is InChI=1S/C30H34N2/c1-19-13-21(3)29(22(4)14-19)25-9-11-27(31(7)17-25)28-12-10-26(18-32(28)8)30-23(5)15-20(2)16-24(30)6/h9-18H,1-8H3/q+2. The van der Waals surface area contributed by atoms with Gasteiger partial charge in [0.1, 0.15) is 14.1 Å². The Morgan fingerprint density at radius 1 is 0.469 bits per heavy atom. The van der Waals surface area contributed by atoms with Gasteiger partial charge in [-0.3, -0.25) is 0 Å². The van der Waals surface area contributed by atoms with E-state index in [-0.39, 0.29) is 0 Å². The van der Waals surface area contributed by atoms with Crippen LogP contribution in [0.3, 0.4) is 0 Å². The molecule has 4 aromatic rings. The first-order valence-electron chi connectivity index (χ1n) is 11.3. The fourth-order valence-electron chi connectivity index (χ4n) is 5.31. The molecule has 2 heterocycles. The molecule has 0 N–H and O–H groups in total. The number of benzene rings is 2. The van der Waals surface area contributed by atoms with Crippen LogP contribution in [0.5, 0.6) is 0 Å². The lowest BCUT2D eigenvalue weighted by molar-refractivity contribution is -0.689. The molecule has 0 amide bonds. The van der Waals surface area contributed by atoms with Crippen molar-refractivity contribution < 1.29 is 9.13 Å². The summed E-state index contributed by atoms with van der Waals surface area (Å²) in [5.74, 6) is 0. The molecule has 0 spiro atoms. The van der Waals surface area contributed by atoms with Crippen LogP contribution in [0.25, 0.3) is 33.6 Å². The summed E-state index contributed by atoms with van der Waals surface area (Å²) in [5.41, 5.74) is 15.5.